The van der Waals surface area contributed by atoms with Crippen LogP contribution in [0.5, 0.6) is 0 Å². The zero-order valence-electron chi connectivity index (χ0n) is 11.5. The first-order valence-electron chi connectivity index (χ1n) is 7.00. The molecular formula is C14H28N2. The molecule has 0 unspecified atom stereocenters. The highest BCUT2D eigenvalue weighted by molar-refractivity contribution is 4.97. The standard InChI is InChI=1S/C14H28N2/c1-12(2)15-8-5-6-14(7-9-15)10-16(11-14)13(3)4/h12-13H,5-11H2,1-4H3. The molecule has 0 N–H and O–H groups in total. The van der Waals surface area contributed by atoms with E-state index in [1.54, 1.807) is 0 Å². The van der Waals surface area contributed by atoms with Crippen LogP contribution < -0.4 is 0 Å². The van der Waals surface area contributed by atoms with Crippen molar-refractivity contribution in [2.24, 2.45) is 5.41 Å². The van der Waals surface area contributed by atoms with Gasteiger partial charge in [0.25, 0.3) is 0 Å². The molecule has 2 fully saturated rings. The van der Waals surface area contributed by atoms with Crippen LogP contribution in [0, 0.1) is 5.41 Å². The molecule has 0 atom stereocenters. The van der Waals surface area contributed by atoms with Crippen molar-refractivity contribution in [3.63, 3.8) is 0 Å². The van der Waals surface area contributed by atoms with Gasteiger partial charge in [-0.1, -0.05) is 0 Å². The van der Waals surface area contributed by atoms with Gasteiger partial charge in [-0.2, -0.15) is 0 Å². The summed E-state index contributed by atoms with van der Waals surface area (Å²) in [6, 6.07) is 1.48. The summed E-state index contributed by atoms with van der Waals surface area (Å²) in [5.74, 6) is 0. The Morgan fingerprint density at radius 3 is 2.00 bits per heavy atom. The van der Waals surface area contributed by atoms with E-state index in [1.165, 1.54) is 45.4 Å². The first-order valence-corrected chi connectivity index (χ1v) is 7.00. The van der Waals surface area contributed by atoms with E-state index in [0.29, 0.717) is 5.41 Å². The Bertz CT molecular complexity index is 229. The molecule has 2 heterocycles. The van der Waals surface area contributed by atoms with E-state index in [9.17, 15) is 0 Å². The van der Waals surface area contributed by atoms with Crippen LogP contribution in [-0.4, -0.2) is 48.1 Å². The van der Waals surface area contributed by atoms with Gasteiger partial charge in [0.1, 0.15) is 0 Å². The van der Waals surface area contributed by atoms with Crippen LogP contribution in [0.15, 0.2) is 0 Å². The normalized spacial score (nSPS) is 27.4. The Balaban J connectivity index is 1.86. The van der Waals surface area contributed by atoms with E-state index in [0.717, 1.165) is 12.1 Å². The second-order valence-corrected chi connectivity index (χ2v) is 6.48. The van der Waals surface area contributed by atoms with E-state index >= 15 is 0 Å². The van der Waals surface area contributed by atoms with Crippen molar-refractivity contribution in [1.29, 1.82) is 0 Å². The molecule has 0 radical (unpaired) electrons. The summed E-state index contributed by atoms with van der Waals surface area (Å²) in [5, 5.41) is 0. The van der Waals surface area contributed by atoms with Crippen molar-refractivity contribution in [3.05, 3.63) is 0 Å². The predicted octanol–water partition coefficient (Wildman–Crippen LogP) is 2.59. The molecule has 0 aromatic carbocycles. The molecule has 1 spiro atoms. The summed E-state index contributed by atoms with van der Waals surface area (Å²) in [6.45, 7) is 14.7. The number of nitrogens with zero attached hydrogens (tertiary/aromatic N) is 2. The average molecular weight is 224 g/mol. The summed E-state index contributed by atoms with van der Waals surface area (Å²) in [5.41, 5.74) is 0.688. The van der Waals surface area contributed by atoms with E-state index < -0.39 is 0 Å². The Morgan fingerprint density at radius 2 is 1.44 bits per heavy atom. The van der Waals surface area contributed by atoms with Gasteiger partial charge in [-0.3, -0.25) is 4.90 Å². The Labute approximate surface area is 101 Å². The van der Waals surface area contributed by atoms with Crippen molar-refractivity contribution < 1.29 is 0 Å². The van der Waals surface area contributed by atoms with Gasteiger partial charge in [0.15, 0.2) is 0 Å². The van der Waals surface area contributed by atoms with E-state index in [2.05, 4.69) is 37.5 Å². The highest BCUT2D eigenvalue weighted by atomic mass is 15.2. The predicted molar refractivity (Wildman–Crippen MR) is 69.7 cm³/mol. The molecule has 2 aliphatic rings. The molecule has 0 aromatic heterocycles. The van der Waals surface area contributed by atoms with Gasteiger partial charge in [0.05, 0.1) is 0 Å². The lowest BCUT2D eigenvalue weighted by Gasteiger charge is -2.52. The van der Waals surface area contributed by atoms with E-state index in [1.807, 2.05) is 0 Å². The Morgan fingerprint density at radius 1 is 0.812 bits per heavy atom. The van der Waals surface area contributed by atoms with Crippen molar-refractivity contribution in [2.45, 2.75) is 59.0 Å². The van der Waals surface area contributed by atoms with Crippen LogP contribution in [-0.2, 0) is 0 Å². The Kier molecular flexibility index (Phi) is 3.60. The molecule has 2 aliphatic heterocycles. The molecule has 16 heavy (non-hydrogen) atoms. The summed E-state index contributed by atoms with van der Waals surface area (Å²) >= 11 is 0. The van der Waals surface area contributed by atoms with Crippen LogP contribution in [0.4, 0.5) is 0 Å². The fraction of sp³-hybridized carbons (Fsp3) is 1.00. The SMILES string of the molecule is CC(C)N1CCCC2(CC1)CN(C(C)C)C2. The highest BCUT2D eigenvalue weighted by Crippen LogP contribution is 2.41. The molecule has 2 saturated heterocycles. The van der Waals surface area contributed by atoms with Crippen LogP contribution in [0.25, 0.3) is 0 Å². The molecular weight excluding hydrogens is 196 g/mol. The van der Waals surface area contributed by atoms with Gasteiger partial charge in [0, 0.05) is 25.2 Å². The fourth-order valence-electron chi connectivity index (χ4n) is 3.29. The number of hydrogen-bond acceptors (Lipinski definition) is 2. The van der Waals surface area contributed by atoms with Crippen molar-refractivity contribution in [1.82, 2.24) is 9.80 Å². The quantitative estimate of drug-likeness (QED) is 0.711. The third-order valence-electron chi connectivity index (χ3n) is 4.62. The minimum Gasteiger partial charge on any atom is -0.301 e. The van der Waals surface area contributed by atoms with E-state index in [4.69, 9.17) is 0 Å². The second-order valence-electron chi connectivity index (χ2n) is 6.48. The van der Waals surface area contributed by atoms with Gasteiger partial charge < -0.3 is 4.90 Å². The first-order chi connectivity index (χ1) is 7.52. The maximum absolute atomic E-state index is 2.66. The smallest absolute Gasteiger partial charge is 0.00537 e. The van der Waals surface area contributed by atoms with Crippen molar-refractivity contribution in [2.75, 3.05) is 26.2 Å². The van der Waals surface area contributed by atoms with Gasteiger partial charge in [0.2, 0.25) is 0 Å². The molecule has 0 aromatic rings. The molecule has 94 valence electrons. The van der Waals surface area contributed by atoms with Gasteiger partial charge in [-0.25, -0.2) is 0 Å². The maximum atomic E-state index is 2.66. The summed E-state index contributed by atoms with van der Waals surface area (Å²) < 4.78 is 0. The lowest BCUT2D eigenvalue weighted by Crippen LogP contribution is -2.58. The summed E-state index contributed by atoms with van der Waals surface area (Å²) in [6.07, 6.45) is 4.29. The molecule has 2 rings (SSSR count). The summed E-state index contributed by atoms with van der Waals surface area (Å²) in [7, 11) is 0. The lowest BCUT2D eigenvalue weighted by atomic mass is 9.73. The molecule has 2 heteroatoms. The van der Waals surface area contributed by atoms with E-state index in [-0.39, 0.29) is 0 Å². The first kappa shape index (κ1) is 12.4. The molecule has 0 aliphatic carbocycles. The zero-order valence-corrected chi connectivity index (χ0v) is 11.5. The van der Waals surface area contributed by atoms with Crippen LogP contribution in [0.3, 0.4) is 0 Å². The summed E-state index contributed by atoms with van der Waals surface area (Å²) in [4.78, 5) is 5.29. The lowest BCUT2D eigenvalue weighted by molar-refractivity contribution is -0.0321. The van der Waals surface area contributed by atoms with Gasteiger partial charge in [-0.05, 0) is 65.5 Å². The van der Waals surface area contributed by atoms with Gasteiger partial charge >= 0.3 is 0 Å². The fourth-order valence-corrected chi connectivity index (χ4v) is 3.29. The van der Waals surface area contributed by atoms with Crippen molar-refractivity contribution in [3.8, 4) is 0 Å². The zero-order chi connectivity index (χ0) is 11.8. The number of likely N-dealkylation sites (tertiary alicyclic amines) is 2. The monoisotopic (exact) mass is 224 g/mol. The van der Waals surface area contributed by atoms with Crippen LogP contribution in [0.2, 0.25) is 0 Å². The third-order valence-corrected chi connectivity index (χ3v) is 4.62. The van der Waals surface area contributed by atoms with Crippen molar-refractivity contribution >= 4 is 0 Å². The molecule has 0 amide bonds. The molecule has 0 bridgehead atoms. The molecule has 2 nitrogen and oxygen atoms in total. The van der Waals surface area contributed by atoms with Crippen LogP contribution in [0.1, 0.15) is 47.0 Å². The number of rotatable bonds is 2. The third kappa shape index (κ3) is 2.43. The molecule has 0 saturated carbocycles. The second kappa shape index (κ2) is 4.66. The van der Waals surface area contributed by atoms with Gasteiger partial charge in [-0.15, -0.1) is 0 Å². The average Bonchev–Trinajstić information content (AvgIpc) is 2.36. The minimum atomic E-state index is 0.688. The maximum Gasteiger partial charge on any atom is 0.00537 e. The number of hydrogen-bond donors (Lipinski definition) is 0. The largest absolute Gasteiger partial charge is 0.301 e. The van der Waals surface area contributed by atoms with Crippen LogP contribution >= 0.6 is 0 Å². The Hall–Kier alpha value is -0.0800. The minimum absolute atomic E-state index is 0.688. The highest BCUT2D eigenvalue weighted by Gasteiger charge is 2.44. The topological polar surface area (TPSA) is 6.48 Å².